The van der Waals surface area contributed by atoms with Gasteiger partial charge in [-0.25, -0.2) is 0 Å². The van der Waals surface area contributed by atoms with Gasteiger partial charge in [0.05, 0.1) is 6.42 Å². The highest BCUT2D eigenvalue weighted by Gasteiger charge is 2.27. The summed E-state index contributed by atoms with van der Waals surface area (Å²) < 4.78 is 37.4. The van der Waals surface area contributed by atoms with E-state index in [0.717, 1.165) is 10.0 Å². The third-order valence-electron chi connectivity index (χ3n) is 3.23. The summed E-state index contributed by atoms with van der Waals surface area (Å²) in [6, 6.07) is 7.88. The molecule has 0 aliphatic carbocycles. The van der Waals surface area contributed by atoms with Crippen molar-refractivity contribution in [2.75, 3.05) is 20.1 Å². The zero-order valence-electron chi connectivity index (χ0n) is 13.3. The molecule has 0 atom stereocenters. The molecular formula is C15H22BrF3IN3. The molecule has 1 aromatic rings. The first-order valence-electron chi connectivity index (χ1n) is 6.92. The van der Waals surface area contributed by atoms with Crippen LogP contribution in [0.15, 0.2) is 33.7 Å². The minimum atomic E-state index is -4.17. The molecule has 8 heteroatoms. The molecule has 0 fully saturated rings. The van der Waals surface area contributed by atoms with Crippen LogP contribution in [0, 0.1) is 0 Å². The SMILES string of the molecule is CN=C(NCCC(F)(F)F)NCC(C)(C)c1ccccc1Br.I. The molecule has 0 bridgehead atoms. The molecule has 1 rings (SSSR count). The van der Waals surface area contributed by atoms with Gasteiger partial charge in [-0.3, -0.25) is 4.99 Å². The summed E-state index contributed by atoms with van der Waals surface area (Å²) in [5.74, 6) is 0.365. The van der Waals surface area contributed by atoms with Crippen LogP contribution in [0.2, 0.25) is 0 Å². The Morgan fingerprint density at radius 1 is 1.17 bits per heavy atom. The van der Waals surface area contributed by atoms with E-state index in [4.69, 9.17) is 0 Å². The summed E-state index contributed by atoms with van der Waals surface area (Å²) in [5.41, 5.74) is 0.912. The van der Waals surface area contributed by atoms with E-state index in [1.165, 1.54) is 7.05 Å². The monoisotopic (exact) mass is 507 g/mol. The maximum absolute atomic E-state index is 12.1. The molecule has 132 valence electrons. The van der Waals surface area contributed by atoms with Crippen LogP contribution in [-0.4, -0.2) is 32.3 Å². The van der Waals surface area contributed by atoms with E-state index in [-0.39, 0.29) is 35.9 Å². The van der Waals surface area contributed by atoms with Crippen LogP contribution in [0.1, 0.15) is 25.8 Å². The standard InChI is InChI=1S/C15H21BrF3N3.HI/c1-14(2,11-6-4-5-7-12(11)16)10-22-13(20-3)21-9-8-15(17,18)19;/h4-7H,8-10H2,1-3H3,(H2,20,21,22);1H. The van der Waals surface area contributed by atoms with E-state index in [1.54, 1.807) is 0 Å². The fraction of sp³-hybridized carbons (Fsp3) is 0.533. The largest absolute Gasteiger partial charge is 0.390 e. The molecule has 0 saturated heterocycles. The highest BCUT2D eigenvalue weighted by atomic mass is 127. The number of nitrogens with one attached hydrogen (secondary N) is 2. The minimum Gasteiger partial charge on any atom is -0.356 e. The zero-order chi connectivity index (χ0) is 16.8. The number of aliphatic imine (C=N–C) groups is 1. The first-order chi connectivity index (χ1) is 10.2. The lowest BCUT2D eigenvalue weighted by Crippen LogP contribution is -2.44. The van der Waals surface area contributed by atoms with E-state index in [2.05, 4.69) is 45.4 Å². The van der Waals surface area contributed by atoms with Gasteiger partial charge in [-0.05, 0) is 11.6 Å². The second-order valence-electron chi connectivity index (χ2n) is 5.58. The van der Waals surface area contributed by atoms with E-state index in [0.29, 0.717) is 12.5 Å². The van der Waals surface area contributed by atoms with Gasteiger partial charge in [-0.1, -0.05) is 48.0 Å². The van der Waals surface area contributed by atoms with E-state index in [1.807, 2.05) is 24.3 Å². The second kappa shape index (κ2) is 9.71. The molecule has 1 aromatic carbocycles. The number of alkyl halides is 3. The molecule has 0 saturated carbocycles. The van der Waals surface area contributed by atoms with Gasteiger partial charge in [-0.15, -0.1) is 24.0 Å². The number of hydrogen-bond acceptors (Lipinski definition) is 1. The van der Waals surface area contributed by atoms with Crippen molar-refractivity contribution < 1.29 is 13.2 Å². The highest BCUT2D eigenvalue weighted by molar-refractivity contribution is 14.0. The third kappa shape index (κ3) is 8.23. The third-order valence-corrected chi connectivity index (χ3v) is 3.92. The summed E-state index contributed by atoms with van der Waals surface area (Å²) in [4.78, 5) is 3.94. The van der Waals surface area contributed by atoms with Gasteiger partial charge in [-0.2, -0.15) is 13.2 Å². The Morgan fingerprint density at radius 2 is 1.78 bits per heavy atom. The van der Waals surface area contributed by atoms with E-state index >= 15 is 0 Å². The smallest absolute Gasteiger partial charge is 0.356 e. The van der Waals surface area contributed by atoms with Gasteiger partial charge in [0, 0.05) is 30.0 Å². The first kappa shape index (κ1) is 22.5. The molecule has 0 aliphatic rings. The molecular weight excluding hydrogens is 486 g/mol. The van der Waals surface area contributed by atoms with Crippen molar-refractivity contribution in [3.8, 4) is 0 Å². The second-order valence-corrected chi connectivity index (χ2v) is 6.44. The topological polar surface area (TPSA) is 36.4 Å². The van der Waals surface area contributed by atoms with Crippen LogP contribution in [0.5, 0.6) is 0 Å². The van der Waals surface area contributed by atoms with Crippen LogP contribution in [0.25, 0.3) is 0 Å². The maximum atomic E-state index is 12.1. The predicted octanol–water partition coefficient (Wildman–Crippen LogP) is 4.46. The van der Waals surface area contributed by atoms with Crippen LogP contribution in [0.3, 0.4) is 0 Å². The van der Waals surface area contributed by atoms with Crippen LogP contribution in [-0.2, 0) is 5.41 Å². The van der Waals surface area contributed by atoms with Gasteiger partial charge >= 0.3 is 6.18 Å². The summed E-state index contributed by atoms with van der Waals surface area (Å²) in [5, 5.41) is 5.74. The maximum Gasteiger partial charge on any atom is 0.390 e. The van der Waals surface area contributed by atoms with Crippen molar-refractivity contribution in [2.24, 2.45) is 4.99 Å². The van der Waals surface area contributed by atoms with Crippen molar-refractivity contribution in [3.05, 3.63) is 34.3 Å². The van der Waals surface area contributed by atoms with Crippen LogP contribution in [0.4, 0.5) is 13.2 Å². The molecule has 0 spiro atoms. The zero-order valence-corrected chi connectivity index (χ0v) is 17.2. The molecule has 0 amide bonds. The quantitative estimate of drug-likeness (QED) is 0.350. The number of guanidine groups is 1. The first-order valence-corrected chi connectivity index (χ1v) is 7.71. The Balaban J connectivity index is 0.00000484. The lowest BCUT2D eigenvalue weighted by molar-refractivity contribution is -0.132. The highest BCUT2D eigenvalue weighted by Crippen LogP contribution is 2.29. The molecule has 23 heavy (non-hydrogen) atoms. The Kier molecular flexibility index (Phi) is 9.49. The summed E-state index contributed by atoms with van der Waals surface area (Å²) >= 11 is 3.52. The number of rotatable bonds is 5. The number of benzene rings is 1. The summed E-state index contributed by atoms with van der Waals surface area (Å²) in [6.45, 7) is 4.46. The molecule has 3 nitrogen and oxygen atoms in total. The van der Waals surface area contributed by atoms with Crippen molar-refractivity contribution in [2.45, 2.75) is 31.9 Å². The Morgan fingerprint density at radius 3 is 2.30 bits per heavy atom. The number of halogens is 5. The number of nitrogens with zero attached hydrogens (tertiary/aromatic N) is 1. The van der Waals surface area contributed by atoms with Crippen molar-refractivity contribution in [1.29, 1.82) is 0 Å². The molecule has 0 aromatic heterocycles. The fourth-order valence-corrected chi connectivity index (χ4v) is 2.77. The average Bonchev–Trinajstić information content (AvgIpc) is 2.41. The van der Waals surface area contributed by atoms with Gasteiger partial charge < -0.3 is 10.6 Å². The van der Waals surface area contributed by atoms with Gasteiger partial charge in [0.1, 0.15) is 0 Å². The number of hydrogen-bond donors (Lipinski definition) is 2. The normalized spacial score (nSPS) is 12.6. The lowest BCUT2D eigenvalue weighted by Gasteiger charge is -2.28. The fourth-order valence-electron chi connectivity index (χ4n) is 1.95. The lowest BCUT2D eigenvalue weighted by atomic mass is 9.84. The summed E-state index contributed by atoms with van der Waals surface area (Å²) in [6.07, 6.45) is -5.05. The average molecular weight is 508 g/mol. The molecule has 0 radical (unpaired) electrons. The van der Waals surface area contributed by atoms with Crippen molar-refractivity contribution in [3.63, 3.8) is 0 Å². The predicted molar refractivity (Wildman–Crippen MR) is 103 cm³/mol. The van der Waals surface area contributed by atoms with Crippen molar-refractivity contribution >= 4 is 45.9 Å². The van der Waals surface area contributed by atoms with Gasteiger partial charge in [0.25, 0.3) is 0 Å². The Labute approximate surface area is 160 Å². The Hall–Kier alpha value is -0.510. The molecule has 0 heterocycles. The molecule has 0 aliphatic heterocycles. The molecule has 2 N–H and O–H groups in total. The summed E-state index contributed by atoms with van der Waals surface area (Å²) in [7, 11) is 1.54. The van der Waals surface area contributed by atoms with Crippen molar-refractivity contribution in [1.82, 2.24) is 10.6 Å². The minimum absolute atomic E-state index is 0. The van der Waals surface area contributed by atoms with Crippen LogP contribution < -0.4 is 10.6 Å². The molecule has 0 unspecified atom stereocenters. The van der Waals surface area contributed by atoms with Gasteiger partial charge in [0.15, 0.2) is 5.96 Å². The van der Waals surface area contributed by atoms with Crippen LogP contribution >= 0.6 is 39.9 Å². The van der Waals surface area contributed by atoms with E-state index < -0.39 is 12.6 Å². The Bertz CT molecular complexity index is 519. The van der Waals surface area contributed by atoms with E-state index in [9.17, 15) is 13.2 Å². The van der Waals surface area contributed by atoms with Gasteiger partial charge in [0.2, 0.25) is 0 Å².